The summed E-state index contributed by atoms with van der Waals surface area (Å²) in [6.45, 7) is 3.02. The molecule has 7 nitrogen and oxygen atoms in total. The first-order valence-corrected chi connectivity index (χ1v) is 13.6. The first-order valence-electron chi connectivity index (χ1n) is 10.7. The van der Waals surface area contributed by atoms with E-state index in [4.69, 9.17) is 5.10 Å². The van der Waals surface area contributed by atoms with Crippen molar-refractivity contribution in [2.75, 3.05) is 19.3 Å². The molecule has 0 saturated carbocycles. The molecule has 0 radical (unpaired) electrons. The van der Waals surface area contributed by atoms with Crippen LogP contribution in [0.1, 0.15) is 30.7 Å². The predicted molar refractivity (Wildman–Crippen MR) is 128 cm³/mol. The minimum absolute atomic E-state index is 0.357. The number of aromatic nitrogens is 4. The Labute approximate surface area is 191 Å². The summed E-state index contributed by atoms with van der Waals surface area (Å²) in [7, 11) is -3.55. The zero-order valence-electron chi connectivity index (χ0n) is 18.2. The van der Waals surface area contributed by atoms with Gasteiger partial charge in [-0.15, -0.1) is 10.2 Å². The third-order valence-electron chi connectivity index (χ3n) is 6.00. The van der Waals surface area contributed by atoms with E-state index in [1.807, 2.05) is 49.6 Å². The van der Waals surface area contributed by atoms with Gasteiger partial charge in [0.1, 0.15) is 0 Å². The highest BCUT2D eigenvalue weighted by Crippen LogP contribution is 2.32. The van der Waals surface area contributed by atoms with Gasteiger partial charge in [0.15, 0.2) is 11.5 Å². The van der Waals surface area contributed by atoms with Crippen molar-refractivity contribution in [3.8, 4) is 11.3 Å². The van der Waals surface area contributed by atoms with Crippen LogP contribution >= 0.6 is 11.8 Å². The Kier molecular flexibility index (Phi) is 5.65. The van der Waals surface area contributed by atoms with Gasteiger partial charge in [-0.1, -0.05) is 42.8 Å². The van der Waals surface area contributed by atoms with Crippen LogP contribution in [0.5, 0.6) is 0 Å². The maximum absolute atomic E-state index is 13.4. The van der Waals surface area contributed by atoms with Crippen LogP contribution in [0.3, 0.4) is 0 Å². The van der Waals surface area contributed by atoms with E-state index in [2.05, 4.69) is 10.2 Å². The topological polar surface area (TPSA) is 80.5 Å². The number of nitrogens with zero attached hydrogens (tertiary/aromatic N) is 5. The SMILES string of the molecule is CSCc1nnc2c3ccccc3c(-c3ccc(C)c(S(=O)(=O)N4CCCCC4)c3)nn12. The summed E-state index contributed by atoms with van der Waals surface area (Å²) in [5.74, 6) is 1.46. The van der Waals surface area contributed by atoms with Crippen molar-refractivity contribution in [3.63, 3.8) is 0 Å². The van der Waals surface area contributed by atoms with Crippen molar-refractivity contribution in [2.45, 2.75) is 36.8 Å². The average molecular weight is 468 g/mol. The van der Waals surface area contributed by atoms with E-state index in [9.17, 15) is 8.42 Å². The second-order valence-electron chi connectivity index (χ2n) is 8.12. The van der Waals surface area contributed by atoms with E-state index in [-0.39, 0.29) is 0 Å². The molecule has 166 valence electrons. The highest BCUT2D eigenvalue weighted by Gasteiger charge is 2.28. The number of fused-ring (bicyclic) bond motifs is 3. The van der Waals surface area contributed by atoms with Gasteiger partial charge in [-0.3, -0.25) is 0 Å². The van der Waals surface area contributed by atoms with Gasteiger partial charge in [0.05, 0.1) is 16.3 Å². The van der Waals surface area contributed by atoms with Crippen molar-refractivity contribution >= 4 is 38.2 Å². The summed E-state index contributed by atoms with van der Waals surface area (Å²) in [6, 6.07) is 13.5. The van der Waals surface area contributed by atoms with Crippen LogP contribution in [0.15, 0.2) is 47.4 Å². The molecule has 0 bridgehead atoms. The van der Waals surface area contributed by atoms with Crippen molar-refractivity contribution in [1.29, 1.82) is 0 Å². The van der Waals surface area contributed by atoms with Crippen LogP contribution in [-0.4, -0.2) is 51.9 Å². The number of sulfonamides is 1. The molecule has 0 spiro atoms. The summed E-state index contributed by atoms with van der Waals surface area (Å²) < 4.78 is 30.3. The highest BCUT2D eigenvalue weighted by atomic mass is 32.2. The van der Waals surface area contributed by atoms with Crippen LogP contribution < -0.4 is 0 Å². The zero-order chi connectivity index (χ0) is 22.3. The van der Waals surface area contributed by atoms with Crippen molar-refractivity contribution < 1.29 is 8.42 Å². The van der Waals surface area contributed by atoms with Crippen molar-refractivity contribution in [1.82, 2.24) is 24.1 Å². The molecule has 1 aliphatic heterocycles. The molecule has 0 amide bonds. The molecule has 0 aliphatic carbocycles. The molecule has 4 aromatic rings. The second-order valence-corrected chi connectivity index (χ2v) is 10.9. The molecule has 0 atom stereocenters. The Bertz CT molecular complexity index is 1410. The van der Waals surface area contributed by atoms with Gasteiger partial charge >= 0.3 is 0 Å². The van der Waals surface area contributed by atoms with Gasteiger partial charge in [0.25, 0.3) is 0 Å². The van der Waals surface area contributed by atoms with Gasteiger partial charge in [-0.25, -0.2) is 8.42 Å². The zero-order valence-corrected chi connectivity index (χ0v) is 19.8. The molecule has 9 heteroatoms. The summed E-state index contributed by atoms with van der Waals surface area (Å²) in [5, 5.41) is 15.5. The number of hydrogen-bond donors (Lipinski definition) is 0. The highest BCUT2D eigenvalue weighted by molar-refractivity contribution is 7.97. The second kappa shape index (κ2) is 8.46. The van der Waals surface area contributed by atoms with E-state index < -0.39 is 10.0 Å². The Morgan fingerprint density at radius 1 is 1.00 bits per heavy atom. The molecule has 5 rings (SSSR count). The largest absolute Gasteiger partial charge is 0.243 e. The molecule has 1 saturated heterocycles. The lowest BCUT2D eigenvalue weighted by Gasteiger charge is -2.26. The lowest BCUT2D eigenvalue weighted by atomic mass is 10.0. The average Bonchev–Trinajstić information content (AvgIpc) is 3.22. The van der Waals surface area contributed by atoms with E-state index in [1.54, 1.807) is 26.6 Å². The summed E-state index contributed by atoms with van der Waals surface area (Å²) in [6.07, 6.45) is 4.92. The van der Waals surface area contributed by atoms with Crippen LogP contribution in [0, 0.1) is 6.92 Å². The lowest BCUT2D eigenvalue weighted by molar-refractivity contribution is 0.346. The first-order chi connectivity index (χ1) is 15.5. The number of aryl methyl sites for hydroxylation is 1. The maximum Gasteiger partial charge on any atom is 0.243 e. The van der Waals surface area contributed by atoms with Crippen molar-refractivity contribution in [3.05, 3.63) is 53.9 Å². The lowest BCUT2D eigenvalue weighted by Crippen LogP contribution is -2.35. The number of hydrogen-bond acceptors (Lipinski definition) is 6. The van der Waals surface area contributed by atoms with Gasteiger partial charge in [-0.05, 0) is 37.7 Å². The number of piperidine rings is 1. The molecule has 2 aromatic carbocycles. The molecule has 1 fully saturated rings. The molecule has 1 aliphatic rings. The van der Waals surface area contributed by atoms with Crippen LogP contribution in [0.25, 0.3) is 27.7 Å². The molecule has 2 aromatic heterocycles. The van der Waals surface area contributed by atoms with Gasteiger partial charge in [0.2, 0.25) is 10.0 Å². The van der Waals surface area contributed by atoms with Crippen LogP contribution in [0.2, 0.25) is 0 Å². The Morgan fingerprint density at radius 3 is 2.50 bits per heavy atom. The van der Waals surface area contributed by atoms with E-state index >= 15 is 0 Å². The normalized spacial score (nSPS) is 15.6. The number of rotatable bonds is 5. The molecular formula is C23H25N5O2S2. The van der Waals surface area contributed by atoms with Crippen LogP contribution in [-0.2, 0) is 15.8 Å². The van der Waals surface area contributed by atoms with E-state index in [1.165, 1.54) is 0 Å². The quantitative estimate of drug-likeness (QED) is 0.436. The van der Waals surface area contributed by atoms with E-state index in [0.717, 1.165) is 52.7 Å². The Balaban J connectivity index is 1.72. The minimum atomic E-state index is -3.55. The molecule has 0 N–H and O–H groups in total. The standard InChI is InChI=1S/C23H25N5O2S2/c1-16-10-11-17(14-20(16)32(29,30)27-12-6-3-7-13-27)22-18-8-4-5-9-19(18)23-25-24-21(15-31-2)28(23)26-22/h4-5,8-11,14H,3,6-7,12-13,15H2,1-2H3. The fraction of sp³-hybridized carbons (Fsp3) is 0.348. The Hall–Kier alpha value is -2.49. The van der Waals surface area contributed by atoms with E-state index in [0.29, 0.717) is 29.4 Å². The summed E-state index contributed by atoms with van der Waals surface area (Å²) >= 11 is 1.66. The first kappa shape index (κ1) is 21.4. The number of benzene rings is 2. The maximum atomic E-state index is 13.4. The van der Waals surface area contributed by atoms with Crippen molar-refractivity contribution in [2.24, 2.45) is 0 Å². The van der Waals surface area contributed by atoms with Crippen LogP contribution in [0.4, 0.5) is 0 Å². The smallest absolute Gasteiger partial charge is 0.207 e. The monoisotopic (exact) mass is 467 g/mol. The van der Waals surface area contributed by atoms with Gasteiger partial charge in [-0.2, -0.15) is 25.7 Å². The number of thioether (sulfide) groups is 1. The molecule has 32 heavy (non-hydrogen) atoms. The Morgan fingerprint density at radius 2 is 1.75 bits per heavy atom. The predicted octanol–water partition coefficient (Wildman–Crippen LogP) is 4.29. The summed E-state index contributed by atoms with van der Waals surface area (Å²) in [4.78, 5) is 0.357. The summed E-state index contributed by atoms with van der Waals surface area (Å²) in [5.41, 5.74) is 2.96. The fourth-order valence-corrected chi connectivity index (χ4v) is 6.53. The third kappa shape index (κ3) is 3.58. The van der Waals surface area contributed by atoms with Gasteiger partial charge in [0, 0.05) is 29.4 Å². The molecular weight excluding hydrogens is 442 g/mol. The third-order valence-corrected chi connectivity index (χ3v) is 8.58. The fourth-order valence-electron chi connectivity index (χ4n) is 4.33. The molecule has 0 unspecified atom stereocenters. The molecule has 3 heterocycles. The minimum Gasteiger partial charge on any atom is -0.207 e. The van der Waals surface area contributed by atoms with Gasteiger partial charge < -0.3 is 0 Å².